The smallest absolute Gasteiger partial charge is 0.338 e. The number of carbonyl (C=O) groups excluding carboxylic acids is 2. The average molecular weight is 498 g/mol. The quantitative estimate of drug-likeness (QED) is 0.371. The fourth-order valence-corrected chi connectivity index (χ4v) is 3.85. The van der Waals surface area contributed by atoms with E-state index in [1.165, 1.54) is 0 Å². The molecule has 0 aliphatic carbocycles. The van der Waals surface area contributed by atoms with E-state index in [1.54, 1.807) is 60.3 Å². The van der Waals surface area contributed by atoms with Crippen LogP contribution in [0.3, 0.4) is 0 Å². The molecule has 174 valence electrons. The number of halogens is 1. The van der Waals surface area contributed by atoms with Crippen LogP contribution >= 0.6 is 22.9 Å². The Morgan fingerprint density at radius 1 is 1.06 bits per heavy atom. The van der Waals surface area contributed by atoms with Gasteiger partial charge in [0.25, 0.3) is 5.91 Å². The van der Waals surface area contributed by atoms with Crippen molar-refractivity contribution in [3.8, 4) is 11.4 Å². The summed E-state index contributed by atoms with van der Waals surface area (Å²) in [5.41, 5.74) is 3.30. The number of benzene rings is 2. The monoisotopic (exact) mass is 497 g/mol. The van der Waals surface area contributed by atoms with E-state index in [9.17, 15) is 9.59 Å². The highest BCUT2D eigenvalue weighted by atomic mass is 35.5. The Hall–Kier alpha value is -3.76. The highest BCUT2D eigenvalue weighted by Crippen LogP contribution is 2.23. The first kappa shape index (κ1) is 23.4. The zero-order valence-corrected chi connectivity index (χ0v) is 20.1. The lowest BCUT2D eigenvalue weighted by Gasteiger charge is -2.06. The maximum atomic E-state index is 12.4. The summed E-state index contributed by atoms with van der Waals surface area (Å²) in [4.78, 5) is 24.8. The van der Waals surface area contributed by atoms with Crippen LogP contribution in [0.5, 0.6) is 5.75 Å². The molecule has 0 aliphatic rings. The molecule has 2 heterocycles. The Morgan fingerprint density at radius 3 is 2.38 bits per heavy atom. The first-order valence-corrected chi connectivity index (χ1v) is 11.3. The molecule has 2 aromatic heterocycles. The minimum atomic E-state index is -0.516. The molecule has 4 aromatic rings. The molecule has 0 radical (unpaired) electrons. The number of ether oxygens (including phenoxy) is 2. The highest BCUT2D eigenvalue weighted by Gasteiger charge is 2.16. The summed E-state index contributed by atoms with van der Waals surface area (Å²) >= 11 is 7.25. The number of amides is 1. The molecule has 34 heavy (non-hydrogen) atoms. The number of esters is 1. The summed E-state index contributed by atoms with van der Waals surface area (Å²) in [5.74, 6) is -0.235. The number of aromatic nitrogens is 4. The Balaban J connectivity index is 1.34. The molecule has 0 unspecified atom stereocenters. The van der Waals surface area contributed by atoms with E-state index in [0.29, 0.717) is 27.0 Å². The van der Waals surface area contributed by atoms with E-state index in [4.69, 9.17) is 21.1 Å². The second kappa shape index (κ2) is 10.0. The van der Waals surface area contributed by atoms with E-state index in [0.717, 1.165) is 28.4 Å². The molecule has 11 heteroatoms. The Morgan fingerprint density at radius 2 is 1.76 bits per heavy atom. The molecule has 1 N–H and O–H groups in total. The van der Waals surface area contributed by atoms with Gasteiger partial charge in [-0.15, -0.1) is 10.2 Å². The van der Waals surface area contributed by atoms with E-state index in [1.807, 2.05) is 13.8 Å². The summed E-state index contributed by atoms with van der Waals surface area (Å²) in [6.45, 7) is 3.61. The SMILES string of the molecule is COc1ccc(NC(=O)c2nnc(COC(=O)c3ccc(-n4nc(C)c(Cl)c4C)cc3)s2)cc1. The number of hydrogen-bond acceptors (Lipinski definition) is 8. The highest BCUT2D eigenvalue weighted by molar-refractivity contribution is 7.13. The summed E-state index contributed by atoms with van der Waals surface area (Å²) < 4.78 is 12.1. The topological polar surface area (TPSA) is 108 Å². The van der Waals surface area contributed by atoms with Crippen LogP contribution in [-0.4, -0.2) is 39.0 Å². The van der Waals surface area contributed by atoms with Gasteiger partial charge in [0.2, 0.25) is 5.01 Å². The van der Waals surface area contributed by atoms with Crippen LogP contribution < -0.4 is 10.1 Å². The molecule has 0 fully saturated rings. The van der Waals surface area contributed by atoms with E-state index in [-0.39, 0.29) is 11.6 Å². The number of methoxy groups -OCH3 is 1. The average Bonchev–Trinajstić information content (AvgIpc) is 3.44. The van der Waals surface area contributed by atoms with Crippen LogP contribution in [0.25, 0.3) is 5.69 Å². The second-order valence-electron chi connectivity index (χ2n) is 7.20. The Kier molecular flexibility index (Phi) is 6.90. The fraction of sp³-hybridized carbons (Fsp3) is 0.174. The molecule has 0 saturated carbocycles. The third-order valence-electron chi connectivity index (χ3n) is 4.89. The van der Waals surface area contributed by atoms with Gasteiger partial charge < -0.3 is 14.8 Å². The molecular formula is C23H20ClN5O4S. The van der Waals surface area contributed by atoms with Crippen molar-refractivity contribution in [3.05, 3.63) is 80.5 Å². The molecule has 0 aliphatic heterocycles. The summed E-state index contributed by atoms with van der Waals surface area (Å²) in [7, 11) is 1.57. The van der Waals surface area contributed by atoms with Crippen LogP contribution in [0.15, 0.2) is 48.5 Å². The van der Waals surface area contributed by atoms with Crippen LogP contribution in [0, 0.1) is 13.8 Å². The van der Waals surface area contributed by atoms with Gasteiger partial charge in [-0.3, -0.25) is 4.79 Å². The van der Waals surface area contributed by atoms with Gasteiger partial charge in [-0.2, -0.15) is 5.10 Å². The first-order valence-electron chi connectivity index (χ1n) is 10.1. The minimum Gasteiger partial charge on any atom is -0.497 e. The van der Waals surface area contributed by atoms with Gasteiger partial charge in [-0.25, -0.2) is 9.48 Å². The van der Waals surface area contributed by atoms with Crippen LogP contribution in [0.4, 0.5) is 5.69 Å². The lowest BCUT2D eigenvalue weighted by Crippen LogP contribution is -2.11. The molecule has 0 saturated heterocycles. The molecular weight excluding hydrogens is 478 g/mol. The van der Waals surface area contributed by atoms with E-state index < -0.39 is 11.9 Å². The third kappa shape index (κ3) is 5.08. The van der Waals surface area contributed by atoms with E-state index in [2.05, 4.69) is 20.6 Å². The van der Waals surface area contributed by atoms with Gasteiger partial charge in [0.15, 0.2) is 5.01 Å². The summed E-state index contributed by atoms with van der Waals surface area (Å²) in [6, 6.07) is 13.7. The van der Waals surface area contributed by atoms with Gasteiger partial charge >= 0.3 is 5.97 Å². The van der Waals surface area contributed by atoms with Crippen molar-refractivity contribution >= 4 is 40.5 Å². The molecule has 4 rings (SSSR count). The number of nitrogens with zero attached hydrogens (tertiary/aromatic N) is 4. The lowest BCUT2D eigenvalue weighted by molar-refractivity contribution is 0.0471. The van der Waals surface area contributed by atoms with E-state index >= 15 is 0 Å². The Bertz CT molecular complexity index is 1330. The number of aryl methyl sites for hydroxylation is 1. The molecule has 2 aromatic carbocycles. The van der Waals surface area contributed by atoms with Gasteiger partial charge in [-0.05, 0) is 62.4 Å². The standard InChI is InChI=1S/C23H20ClN5O4S/c1-13-20(24)14(2)29(28-13)17-8-4-15(5-9-17)23(31)33-12-19-26-27-22(34-19)21(30)25-16-6-10-18(32-3)11-7-16/h4-11H,12H2,1-3H3,(H,25,30). The molecule has 0 atom stereocenters. The molecule has 1 amide bonds. The van der Waals surface area contributed by atoms with Crippen molar-refractivity contribution in [1.82, 2.24) is 20.0 Å². The van der Waals surface area contributed by atoms with Crippen LogP contribution in [0.2, 0.25) is 5.02 Å². The van der Waals surface area contributed by atoms with Gasteiger partial charge in [-0.1, -0.05) is 22.9 Å². The lowest BCUT2D eigenvalue weighted by atomic mass is 10.2. The maximum absolute atomic E-state index is 12.4. The number of nitrogens with one attached hydrogen (secondary N) is 1. The predicted octanol–water partition coefficient (Wildman–Crippen LogP) is 4.61. The van der Waals surface area contributed by atoms with Crippen molar-refractivity contribution in [2.45, 2.75) is 20.5 Å². The van der Waals surface area contributed by atoms with Gasteiger partial charge in [0.05, 0.1) is 34.8 Å². The third-order valence-corrected chi connectivity index (χ3v) is 6.33. The largest absolute Gasteiger partial charge is 0.497 e. The van der Waals surface area contributed by atoms with Crippen molar-refractivity contribution in [2.24, 2.45) is 0 Å². The summed E-state index contributed by atoms with van der Waals surface area (Å²) in [5, 5.41) is 16.1. The molecule has 0 bridgehead atoms. The van der Waals surface area contributed by atoms with Crippen LogP contribution in [0.1, 0.15) is 36.6 Å². The first-order chi connectivity index (χ1) is 16.4. The number of rotatable bonds is 7. The van der Waals surface area contributed by atoms with Gasteiger partial charge in [0, 0.05) is 5.69 Å². The normalized spacial score (nSPS) is 10.7. The molecule has 9 nitrogen and oxygen atoms in total. The second-order valence-corrected chi connectivity index (χ2v) is 8.64. The molecule has 0 spiro atoms. The fourth-order valence-electron chi connectivity index (χ4n) is 3.09. The minimum absolute atomic E-state index is 0.0961. The number of carbonyl (C=O) groups is 2. The number of anilines is 1. The summed E-state index contributed by atoms with van der Waals surface area (Å²) in [6.07, 6.45) is 0. The zero-order valence-electron chi connectivity index (χ0n) is 18.5. The van der Waals surface area contributed by atoms with Crippen LogP contribution in [-0.2, 0) is 11.3 Å². The Labute approximate surface area is 204 Å². The predicted molar refractivity (Wildman–Crippen MR) is 128 cm³/mol. The zero-order chi connectivity index (χ0) is 24.2. The van der Waals surface area contributed by atoms with Crippen molar-refractivity contribution in [3.63, 3.8) is 0 Å². The van der Waals surface area contributed by atoms with Crippen molar-refractivity contribution in [2.75, 3.05) is 12.4 Å². The van der Waals surface area contributed by atoms with Gasteiger partial charge in [0.1, 0.15) is 12.4 Å². The van der Waals surface area contributed by atoms with Crippen molar-refractivity contribution < 1.29 is 19.1 Å². The number of hydrogen-bond donors (Lipinski definition) is 1. The van der Waals surface area contributed by atoms with Crippen molar-refractivity contribution in [1.29, 1.82) is 0 Å². The maximum Gasteiger partial charge on any atom is 0.338 e.